The molecule has 1 aliphatic heterocycles. The largest absolute Gasteiger partial charge is 0.335 e. The molecule has 6 nitrogen and oxygen atoms in total. The number of piperidine rings is 1. The highest BCUT2D eigenvalue weighted by Gasteiger charge is 2.26. The van der Waals surface area contributed by atoms with Crippen LogP contribution < -0.4 is 10.7 Å². The number of hydrazine groups is 1. The van der Waals surface area contributed by atoms with Crippen LogP contribution >= 0.6 is 11.3 Å². The fourth-order valence-electron chi connectivity index (χ4n) is 2.11. The van der Waals surface area contributed by atoms with E-state index in [1.807, 2.05) is 5.01 Å². The van der Waals surface area contributed by atoms with Gasteiger partial charge in [0.05, 0.1) is 0 Å². The molecular formula is C10H17N5OS. The summed E-state index contributed by atoms with van der Waals surface area (Å²) in [5, 5.41) is 12.6. The molecule has 2 heterocycles. The Morgan fingerprint density at radius 2 is 2.18 bits per heavy atom. The van der Waals surface area contributed by atoms with Gasteiger partial charge in [-0.1, -0.05) is 17.8 Å². The maximum absolute atomic E-state index is 11.7. The van der Waals surface area contributed by atoms with E-state index in [9.17, 15) is 4.79 Å². The minimum absolute atomic E-state index is 0.248. The molecule has 0 unspecified atom stereocenters. The Balaban J connectivity index is 1.88. The number of nitrogens with one attached hydrogen (secondary N) is 2. The van der Waals surface area contributed by atoms with Crippen LogP contribution in [0.2, 0.25) is 0 Å². The highest BCUT2D eigenvalue weighted by atomic mass is 32.1. The van der Waals surface area contributed by atoms with E-state index in [0.717, 1.165) is 12.8 Å². The zero-order valence-corrected chi connectivity index (χ0v) is 10.8. The summed E-state index contributed by atoms with van der Waals surface area (Å²) in [5.41, 5.74) is 4.46. The van der Waals surface area contributed by atoms with Gasteiger partial charge in [-0.25, -0.2) is 9.80 Å². The zero-order chi connectivity index (χ0) is 12.3. The third kappa shape index (κ3) is 3.13. The molecule has 2 rings (SSSR count). The van der Waals surface area contributed by atoms with E-state index in [-0.39, 0.29) is 6.03 Å². The molecule has 7 heteroatoms. The van der Waals surface area contributed by atoms with Crippen molar-refractivity contribution in [1.82, 2.24) is 20.6 Å². The predicted octanol–water partition coefficient (Wildman–Crippen LogP) is 1.84. The van der Waals surface area contributed by atoms with Gasteiger partial charge >= 0.3 is 6.03 Å². The van der Waals surface area contributed by atoms with Crippen LogP contribution in [0.1, 0.15) is 33.1 Å². The van der Waals surface area contributed by atoms with Crippen molar-refractivity contribution >= 4 is 22.5 Å². The minimum Gasteiger partial charge on any atom is -0.281 e. The molecule has 0 spiro atoms. The molecule has 94 valence electrons. The molecule has 0 saturated carbocycles. The fraction of sp³-hybridized carbons (Fsp3) is 0.700. The van der Waals surface area contributed by atoms with Crippen LogP contribution in [0.4, 0.5) is 9.93 Å². The average molecular weight is 255 g/mol. The van der Waals surface area contributed by atoms with E-state index in [4.69, 9.17) is 0 Å². The lowest BCUT2D eigenvalue weighted by Gasteiger charge is -2.38. The first kappa shape index (κ1) is 12.3. The maximum Gasteiger partial charge on any atom is 0.335 e. The van der Waals surface area contributed by atoms with Gasteiger partial charge in [0.25, 0.3) is 0 Å². The van der Waals surface area contributed by atoms with Gasteiger partial charge in [0.1, 0.15) is 5.51 Å². The Morgan fingerprint density at radius 1 is 1.47 bits per heavy atom. The summed E-state index contributed by atoms with van der Waals surface area (Å²) in [4.78, 5) is 11.7. The molecule has 1 aliphatic rings. The molecule has 2 amide bonds. The van der Waals surface area contributed by atoms with Gasteiger partial charge in [-0.3, -0.25) is 10.7 Å². The van der Waals surface area contributed by atoms with Crippen molar-refractivity contribution in [2.75, 3.05) is 5.32 Å². The summed E-state index contributed by atoms with van der Waals surface area (Å²) in [5.74, 6) is 0. The second-order valence-corrected chi connectivity index (χ2v) is 5.18. The molecule has 17 heavy (non-hydrogen) atoms. The van der Waals surface area contributed by atoms with Crippen molar-refractivity contribution in [3.63, 3.8) is 0 Å². The van der Waals surface area contributed by atoms with E-state index in [1.54, 1.807) is 5.51 Å². The molecule has 1 saturated heterocycles. The number of rotatable bonds is 2. The van der Waals surface area contributed by atoms with Gasteiger partial charge in [0, 0.05) is 12.1 Å². The lowest BCUT2D eigenvalue weighted by atomic mass is 10.00. The van der Waals surface area contributed by atoms with Gasteiger partial charge in [-0.15, -0.1) is 10.2 Å². The molecule has 0 radical (unpaired) electrons. The summed E-state index contributed by atoms with van der Waals surface area (Å²) in [7, 11) is 0. The number of amides is 2. The molecule has 1 fully saturated rings. The Morgan fingerprint density at radius 3 is 2.76 bits per heavy atom. The molecule has 0 bridgehead atoms. The van der Waals surface area contributed by atoms with E-state index in [2.05, 4.69) is 34.8 Å². The highest BCUT2D eigenvalue weighted by Crippen LogP contribution is 2.20. The lowest BCUT2D eigenvalue weighted by molar-refractivity contribution is 0.0625. The first-order valence-corrected chi connectivity index (χ1v) is 6.67. The number of urea groups is 1. The summed E-state index contributed by atoms with van der Waals surface area (Å²) >= 11 is 1.30. The second kappa shape index (κ2) is 5.42. The molecule has 2 N–H and O–H groups in total. The summed E-state index contributed by atoms with van der Waals surface area (Å²) < 4.78 is 0. The molecular weight excluding hydrogens is 238 g/mol. The van der Waals surface area contributed by atoms with E-state index in [0.29, 0.717) is 17.2 Å². The predicted molar refractivity (Wildman–Crippen MR) is 66.7 cm³/mol. The first-order valence-electron chi connectivity index (χ1n) is 5.79. The molecule has 1 aromatic rings. The van der Waals surface area contributed by atoms with E-state index in [1.165, 1.54) is 17.8 Å². The van der Waals surface area contributed by atoms with Crippen LogP contribution in [0.25, 0.3) is 0 Å². The van der Waals surface area contributed by atoms with Gasteiger partial charge in [-0.2, -0.15) is 0 Å². The maximum atomic E-state index is 11.7. The van der Waals surface area contributed by atoms with Crippen molar-refractivity contribution in [2.24, 2.45) is 0 Å². The number of carbonyl (C=O) groups excluding carboxylic acids is 1. The minimum atomic E-state index is -0.248. The van der Waals surface area contributed by atoms with Gasteiger partial charge in [0.2, 0.25) is 5.13 Å². The molecule has 0 aliphatic carbocycles. The van der Waals surface area contributed by atoms with Crippen LogP contribution in [0, 0.1) is 0 Å². The molecule has 2 atom stereocenters. The van der Waals surface area contributed by atoms with Crippen LogP contribution in [0.3, 0.4) is 0 Å². The van der Waals surface area contributed by atoms with Crippen molar-refractivity contribution in [2.45, 2.75) is 45.2 Å². The Kier molecular flexibility index (Phi) is 3.90. The lowest BCUT2D eigenvalue weighted by Crippen LogP contribution is -2.55. The number of nitrogens with zero attached hydrogens (tertiary/aromatic N) is 3. The van der Waals surface area contributed by atoms with Crippen molar-refractivity contribution in [1.29, 1.82) is 0 Å². The van der Waals surface area contributed by atoms with Crippen molar-refractivity contribution in [3.8, 4) is 0 Å². The number of carbonyl (C=O) groups is 1. The monoisotopic (exact) mass is 255 g/mol. The number of hydrogen-bond acceptors (Lipinski definition) is 5. The standard InChI is InChI=1S/C10H17N5OS/c1-7-4-3-5-8(2)15(7)14-9(16)12-10-13-11-6-17-10/h6-8H,3-5H2,1-2H3,(H2,12,13,14,16)/t7-,8+. The number of anilines is 1. The molecule has 0 aromatic carbocycles. The SMILES string of the molecule is C[C@@H]1CCC[C@H](C)N1NC(=O)Nc1nncs1. The summed E-state index contributed by atoms with van der Waals surface area (Å²) in [6.45, 7) is 4.25. The van der Waals surface area contributed by atoms with Gasteiger partial charge in [-0.05, 0) is 26.7 Å². The number of hydrogen-bond donors (Lipinski definition) is 2. The van der Waals surface area contributed by atoms with Crippen molar-refractivity contribution in [3.05, 3.63) is 5.51 Å². The third-order valence-corrected chi connectivity index (χ3v) is 3.61. The fourth-order valence-corrected chi connectivity index (χ4v) is 2.55. The smallest absolute Gasteiger partial charge is 0.281 e. The van der Waals surface area contributed by atoms with Crippen LogP contribution in [0.5, 0.6) is 0 Å². The van der Waals surface area contributed by atoms with Crippen LogP contribution in [0.15, 0.2) is 5.51 Å². The summed E-state index contributed by atoms with van der Waals surface area (Å²) in [6, 6.07) is 0.500. The second-order valence-electron chi connectivity index (χ2n) is 4.35. The van der Waals surface area contributed by atoms with Crippen molar-refractivity contribution < 1.29 is 4.79 Å². The van der Waals surface area contributed by atoms with Crippen LogP contribution in [-0.4, -0.2) is 33.3 Å². The summed E-state index contributed by atoms with van der Waals surface area (Å²) in [6.07, 6.45) is 3.45. The Bertz CT molecular complexity index is 359. The first-order chi connectivity index (χ1) is 8.16. The highest BCUT2D eigenvalue weighted by molar-refractivity contribution is 7.13. The normalized spacial score (nSPS) is 25.5. The quantitative estimate of drug-likeness (QED) is 0.846. The van der Waals surface area contributed by atoms with E-state index >= 15 is 0 Å². The Labute approximate surface area is 104 Å². The third-order valence-electron chi connectivity index (χ3n) is 3.00. The van der Waals surface area contributed by atoms with Gasteiger partial charge < -0.3 is 0 Å². The average Bonchev–Trinajstić information content (AvgIpc) is 2.76. The van der Waals surface area contributed by atoms with E-state index < -0.39 is 0 Å². The van der Waals surface area contributed by atoms with Crippen LogP contribution in [-0.2, 0) is 0 Å². The number of aromatic nitrogens is 2. The zero-order valence-electron chi connectivity index (χ0n) is 10.0. The molecule has 1 aromatic heterocycles. The topological polar surface area (TPSA) is 70.2 Å². The van der Waals surface area contributed by atoms with Gasteiger partial charge in [0.15, 0.2) is 0 Å². The Hall–Kier alpha value is -1.21.